The first-order chi connectivity index (χ1) is 14.2. The Hall–Kier alpha value is -2.57. The molecule has 2 aliphatic rings. The Morgan fingerprint density at radius 2 is 2.00 bits per heavy atom. The molecule has 0 bridgehead atoms. The maximum Gasteiger partial charge on any atom is 0.260 e. The van der Waals surface area contributed by atoms with Crippen LogP contribution in [-0.4, -0.2) is 50.8 Å². The van der Waals surface area contributed by atoms with E-state index in [1.165, 1.54) is 11.1 Å². The van der Waals surface area contributed by atoms with Crippen molar-refractivity contribution < 1.29 is 19.0 Å². The lowest BCUT2D eigenvalue weighted by atomic mass is 10.1. The highest BCUT2D eigenvalue weighted by Gasteiger charge is 2.21. The molecule has 1 unspecified atom stereocenters. The molecule has 1 aliphatic carbocycles. The summed E-state index contributed by atoms with van der Waals surface area (Å²) in [6, 6.07) is 14.9. The second kappa shape index (κ2) is 9.29. The van der Waals surface area contributed by atoms with E-state index in [2.05, 4.69) is 29.6 Å². The van der Waals surface area contributed by atoms with Crippen LogP contribution in [-0.2, 0) is 22.5 Å². The number of morpholine rings is 1. The number of fused-ring (bicyclic) bond motifs is 1. The fraction of sp³-hybridized carbons (Fsp3) is 0.435. The summed E-state index contributed by atoms with van der Waals surface area (Å²) < 4.78 is 16.5. The highest BCUT2D eigenvalue weighted by molar-refractivity contribution is 5.78. The number of aryl methyl sites for hydroxylation is 1. The maximum atomic E-state index is 12.3. The minimum absolute atomic E-state index is 0.00676. The number of carbonyl (C=O) groups excluding carboxylic acids is 1. The summed E-state index contributed by atoms with van der Waals surface area (Å²) in [5, 5.41) is 3.65. The second-order valence-corrected chi connectivity index (χ2v) is 7.44. The van der Waals surface area contributed by atoms with Gasteiger partial charge in [0.2, 0.25) is 0 Å². The van der Waals surface area contributed by atoms with Gasteiger partial charge in [0.25, 0.3) is 5.91 Å². The second-order valence-electron chi connectivity index (χ2n) is 7.44. The molecule has 6 heteroatoms. The van der Waals surface area contributed by atoms with Crippen molar-refractivity contribution in [2.75, 3.05) is 40.0 Å². The first-order valence-electron chi connectivity index (χ1n) is 10.2. The van der Waals surface area contributed by atoms with Gasteiger partial charge in [-0.1, -0.05) is 30.3 Å². The van der Waals surface area contributed by atoms with Crippen LogP contribution in [0.3, 0.4) is 0 Å². The lowest BCUT2D eigenvalue weighted by molar-refractivity contribution is -0.137. The van der Waals surface area contributed by atoms with E-state index in [9.17, 15) is 4.79 Å². The van der Waals surface area contributed by atoms with Gasteiger partial charge in [-0.15, -0.1) is 0 Å². The van der Waals surface area contributed by atoms with Gasteiger partial charge in [-0.05, 0) is 41.7 Å². The molecule has 2 aromatic carbocycles. The first kappa shape index (κ1) is 19.7. The molecule has 1 N–H and O–H groups in total. The number of amides is 1. The molecule has 1 aliphatic heterocycles. The van der Waals surface area contributed by atoms with Gasteiger partial charge in [0, 0.05) is 25.7 Å². The van der Waals surface area contributed by atoms with Crippen LogP contribution in [0, 0.1) is 0 Å². The summed E-state index contributed by atoms with van der Waals surface area (Å²) in [5.74, 6) is 1.20. The Balaban J connectivity index is 1.33. The highest BCUT2D eigenvalue weighted by Crippen LogP contribution is 2.32. The SMILES string of the molecule is COc1cc(CNC2CCc3ccccc32)ccc1OCC(=O)N1CCOCC1. The third kappa shape index (κ3) is 4.71. The van der Waals surface area contributed by atoms with E-state index in [-0.39, 0.29) is 12.5 Å². The molecule has 0 radical (unpaired) electrons. The molecule has 1 atom stereocenters. The summed E-state index contributed by atoms with van der Waals surface area (Å²) >= 11 is 0. The van der Waals surface area contributed by atoms with Crippen molar-refractivity contribution in [2.24, 2.45) is 0 Å². The zero-order chi connectivity index (χ0) is 20.1. The lowest BCUT2D eigenvalue weighted by Crippen LogP contribution is -2.43. The smallest absolute Gasteiger partial charge is 0.260 e. The molecule has 0 spiro atoms. The van der Waals surface area contributed by atoms with Crippen LogP contribution in [0.2, 0.25) is 0 Å². The molecule has 29 heavy (non-hydrogen) atoms. The van der Waals surface area contributed by atoms with Gasteiger partial charge < -0.3 is 24.4 Å². The van der Waals surface area contributed by atoms with Crippen LogP contribution in [0.25, 0.3) is 0 Å². The van der Waals surface area contributed by atoms with E-state index in [4.69, 9.17) is 14.2 Å². The van der Waals surface area contributed by atoms with Gasteiger partial charge in [-0.25, -0.2) is 0 Å². The fourth-order valence-electron chi connectivity index (χ4n) is 3.99. The number of nitrogens with zero attached hydrogens (tertiary/aromatic N) is 1. The molecule has 4 rings (SSSR count). The number of benzene rings is 2. The van der Waals surface area contributed by atoms with E-state index < -0.39 is 0 Å². The van der Waals surface area contributed by atoms with Crippen molar-refractivity contribution in [3.05, 3.63) is 59.2 Å². The molecule has 1 amide bonds. The average Bonchev–Trinajstić information content (AvgIpc) is 3.20. The van der Waals surface area contributed by atoms with E-state index in [1.807, 2.05) is 18.2 Å². The quantitative estimate of drug-likeness (QED) is 0.780. The van der Waals surface area contributed by atoms with Crippen molar-refractivity contribution >= 4 is 5.91 Å². The van der Waals surface area contributed by atoms with E-state index in [0.29, 0.717) is 43.8 Å². The zero-order valence-electron chi connectivity index (χ0n) is 16.9. The van der Waals surface area contributed by atoms with Gasteiger partial charge in [-0.2, -0.15) is 0 Å². The van der Waals surface area contributed by atoms with E-state index in [1.54, 1.807) is 12.0 Å². The molecular formula is C23H28N2O4. The summed E-state index contributed by atoms with van der Waals surface area (Å²) in [4.78, 5) is 14.1. The van der Waals surface area contributed by atoms with Gasteiger partial charge in [0.1, 0.15) is 0 Å². The fourth-order valence-corrected chi connectivity index (χ4v) is 3.99. The minimum atomic E-state index is -0.0269. The topological polar surface area (TPSA) is 60.0 Å². The lowest BCUT2D eigenvalue weighted by Gasteiger charge is -2.26. The van der Waals surface area contributed by atoms with Crippen molar-refractivity contribution in [1.29, 1.82) is 0 Å². The normalized spacial score (nSPS) is 18.4. The first-order valence-corrected chi connectivity index (χ1v) is 10.2. The number of methoxy groups -OCH3 is 1. The van der Waals surface area contributed by atoms with Crippen molar-refractivity contribution in [1.82, 2.24) is 10.2 Å². The van der Waals surface area contributed by atoms with Crippen LogP contribution < -0.4 is 14.8 Å². The van der Waals surface area contributed by atoms with Gasteiger partial charge >= 0.3 is 0 Å². The number of carbonyl (C=O) groups is 1. The molecule has 0 aromatic heterocycles. The molecule has 154 valence electrons. The summed E-state index contributed by atoms with van der Waals surface area (Å²) in [6.45, 7) is 3.17. The summed E-state index contributed by atoms with van der Waals surface area (Å²) in [6.07, 6.45) is 2.25. The molecule has 2 aromatic rings. The maximum absolute atomic E-state index is 12.3. The number of rotatable bonds is 7. The van der Waals surface area contributed by atoms with Crippen LogP contribution in [0.15, 0.2) is 42.5 Å². The number of hydrogen-bond acceptors (Lipinski definition) is 5. The Morgan fingerprint density at radius 1 is 1.17 bits per heavy atom. The van der Waals surface area contributed by atoms with Crippen LogP contribution in [0.4, 0.5) is 0 Å². The Kier molecular flexibility index (Phi) is 6.32. The standard InChI is InChI=1S/C23H28N2O4/c1-27-22-14-17(15-24-20-8-7-18-4-2-3-5-19(18)20)6-9-21(22)29-16-23(26)25-10-12-28-13-11-25/h2-6,9,14,20,24H,7-8,10-13,15-16H2,1H3. The molecule has 1 fully saturated rings. The van der Waals surface area contributed by atoms with Gasteiger partial charge in [-0.3, -0.25) is 4.79 Å². The third-order valence-electron chi connectivity index (χ3n) is 5.63. The number of ether oxygens (including phenoxy) is 3. The zero-order valence-corrected chi connectivity index (χ0v) is 16.9. The van der Waals surface area contributed by atoms with E-state index >= 15 is 0 Å². The predicted molar refractivity (Wildman–Crippen MR) is 110 cm³/mol. The molecule has 0 saturated carbocycles. The van der Waals surface area contributed by atoms with Crippen LogP contribution >= 0.6 is 0 Å². The Bertz CT molecular complexity index is 849. The van der Waals surface area contributed by atoms with Gasteiger partial charge in [0.05, 0.1) is 20.3 Å². The molecule has 6 nitrogen and oxygen atoms in total. The van der Waals surface area contributed by atoms with Crippen molar-refractivity contribution in [3.8, 4) is 11.5 Å². The third-order valence-corrected chi connectivity index (χ3v) is 5.63. The molecule has 1 saturated heterocycles. The van der Waals surface area contributed by atoms with Crippen molar-refractivity contribution in [3.63, 3.8) is 0 Å². The summed E-state index contributed by atoms with van der Waals surface area (Å²) in [7, 11) is 1.62. The van der Waals surface area contributed by atoms with Gasteiger partial charge in [0.15, 0.2) is 18.1 Å². The Morgan fingerprint density at radius 3 is 2.83 bits per heavy atom. The van der Waals surface area contributed by atoms with E-state index in [0.717, 1.165) is 24.9 Å². The Labute approximate surface area is 171 Å². The minimum Gasteiger partial charge on any atom is -0.493 e. The highest BCUT2D eigenvalue weighted by atomic mass is 16.5. The number of nitrogens with one attached hydrogen (secondary N) is 1. The molecule has 1 heterocycles. The largest absolute Gasteiger partial charge is 0.493 e. The predicted octanol–water partition coefficient (Wildman–Crippen LogP) is 2.71. The van der Waals surface area contributed by atoms with Crippen molar-refractivity contribution in [2.45, 2.75) is 25.4 Å². The summed E-state index contributed by atoms with van der Waals surface area (Å²) in [5.41, 5.74) is 3.97. The van der Waals surface area contributed by atoms with Crippen LogP contribution in [0.1, 0.15) is 29.2 Å². The average molecular weight is 396 g/mol. The molecular weight excluding hydrogens is 368 g/mol. The van der Waals surface area contributed by atoms with Crippen LogP contribution in [0.5, 0.6) is 11.5 Å². The number of hydrogen-bond donors (Lipinski definition) is 1. The monoisotopic (exact) mass is 396 g/mol.